The van der Waals surface area contributed by atoms with Crippen LogP contribution >= 0.6 is 11.6 Å². The third-order valence-corrected chi connectivity index (χ3v) is 1.77. The van der Waals surface area contributed by atoms with E-state index in [1.807, 2.05) is 19.0 Å². The number of nitrogens with two attached hydrogens (primary N) is 1. The fourth-order valence-corrected chi connectivity index (χ4v) is 1.32. The van der Waals surface area contributed by atoms with Gasteiger partial charge in [0.1, 0.15) is 10.8 Å². The molecule has 5 heteroatoms. The number of rotatable bonds is 1. The number of halogens is 1. The molecule has 0 aromatic carbocycles. The lowest BCUT2D eigenvalue weighted by molar-refractivity contribution is 0.758. The van der Waals surface area contributed by atoms with Crippen LogP contribution in [0, 0.1) is 0 Å². The lowest BCUT2D eigenvalue weighted by Crippen LogP contribution is -2.13. The molecule has 0 aliphatic rings. The van der Waals surface area contributed by atoms with Crippen molar-refractivity contribution in [3.63, 3.8) is 0 Å². The maximum absolute atomic E-state index is 5.86. The van der Waals surface area contributed by atoms with Crippen molar-refractivity contribution in [1.29, 1.82) is 0 Å². The summed E-state index contributed by atoms with van der Waals surface area (Å²) in [5.41, 5.74) is 5.49. The van der Waals surface area contributed by atoms with Gasteiger partial charge in [0, 0.05) is 21.1 Å². The van der Waals surface area contributed by atoms with Gasteiger partial charge in [0.15, 0.2) is 5.82 Å². The monoisotopic (exact) mass is 174 g/mol. The van der Waals surface area contributed by atoms with Gasteiger partial charge in [0.25, 0.3) is 0 Å². The van der Waals surface area contributed by atoms with Gasteiger partial charge in [-0.3, -0.25) is 0 Å². The first-order chi connectivity index (χ1) is 5.04. The zero-order valence-corrected chi connectivity index (χ0v) is 7.55. The van der Waals surface area contributed by atoms with Crippen LogP contribution in [0.15, 0.2) is 0 Å². The van der Waals surface area contributed by atoms with Crippen molar-refractivity contribution in [3.8, 4) is 0 Å². The van der Waals surface area contributed by atoms with Crippen molar-refractivity contribution < 1.29 is 0 Å². The van der Waals surface area contributed by atoms with E-state index in [4.69, 9.17) is 17.3 Å². The van der Waals surface area contributed by atoms with E-state index in [2.05, 4.69) is 5.10 Å². The largest absolute Gasteiger partial charge is 0.381 e. The maximum atomic E-state index is 5.86. The summed E-state index contributed by atoms with van der Waals surface area (Å²) in [6, 6.07) is 0. The van der Waals surface area contributed by atoms with E-state index in [9.17, 15) is 0 Å². The molecule has 0 fully saturated rings. The summed E-state index contributed by atoms with van der Waals surface area (Å²) in [4.78, 5) is 1.87. The van der Waals surface area contributed by atoms with Crippen LogP contribution in [0.5, 0.6) is 0 Å². The number of hydrogen-bond acceptors (Lipinski definition) is 3. The Hall–Kier alpha value is -0.900. The highest BCUT2D eigenvalue weighted by Crippen LogP contribution is 2.28. The van der Waals surface area contributed by atoms with E-state index in [1.165, 1.54) is 0 Å². The van der Waals surface area contributed by atoms with Gasteiger partial charge in [-0.15, -0.1) is 0 Å². The van der Waals surface area contributed by atoms with Crippen LogP contribution in [0.1, 0.15) is 0 Å². The van der Waals surface area contributed by atoms with Gasteiger partial charge < -0.3 is 10.6 Å². The Morgan fingerprint density at radius 2 is 2.09 bits per heavy atom. The Morgan fingerprint density at radius 3 is 2.27 bits per heavy atom. The molecule has 1 rings (SSSR count). The number of nitrogens with zero attached hydrogens (tertiary/aromatic N) is 3. The van der Waals surface area contributed by atoms with Gasteiger partial charge in [-0.1, -0.05) is 11.6 Å². The second kappa shape index (κ2) is 2.62. The SMILES string of the molecule is CN(C)c1c(Cl)c(N)nn1C. The lowest BCUT2D eigenvalue weighted by Gasteiger charge is -2.11. The fraction of sp³-hybridized carbons (Fsp3) is 0.500. The highest BCUT2D eigenvalue weighted by atomic mass is 35.5. The third-order valence-electron chi connectivity index (χ3n) is 1.41. The summed E-state index contributed by atoms with van der Waals surface area (Å²) in [5.74, 6) is 1.20. The highest BCUT2D eigenvalue weighted by Gasteiger charge is 2.12. The summed E-state index contributed by atoms with van der Waals surface area (Å²) in [5, 5.41) is 4.46. The van der Waals surface area contributed by atoms with Gasteiger partial charge in [0.05, 0.1) is 0 Å². The molecule has 0 aliphatic carbocycles. The highest BCUT2D eigenvalue weighted by molar-refractivity contribution is 6.35. The Kier molecular flexibility index (Phi) is 1.95. The van der Waals surface area contributed by atoms with Gasteiger partial charge in [0.2, 0.25) is 0 Å². The van der Waals surface area contributed by atoms with E-state index < -0.39 is 0 Å². The van der Waals surface area contributed by atoms with Crippen LogP contribution < -0.4 is 10.6 Å². The number of anilines is 2. The van der Waals surface area contributed by atoms with Crippen LogP contribution in [0.3, 0.4) is 0 Å². The number of nitrogen functional groups attached to an aromatic ring is 1. The number of aromatic nitrogens is 2. The standard InChI is InChI=1S/C6H11ClN4/c1-10(2)6-4(7)5(8)9-11(6)3/h1-3H3,(H2,8,9). The molecule has 0 amide bonds. The zero-order chi connectivity index (χ0) is 8.59. The quantitative estimate of drug-likeness (QED) is 0.683. The lowest BCUT2D eigenvalue weighted by atomic mass is 10.5. The van der Waals surface area contributed by atoms with E-state index in [-0.39, 0.29) is 0 Å². The molecule has 0 aliphatic heterocycles. The normalized spacial score (nSPS) is 10.2. The summed E-state index contributed by atoms with van der Waals surface area (Å²) < 4.78 is 1.65. The summed E-state index contributed by atoms with van der Waals surface area (Å²) in [7, 11) is 5.59. The number of hydrogen-bond donors (Lipinski definition) is 1. The van der Waals surface area contributed by atoms with Gasteiger partial charge >= 0.3 is 0 Å². The molecule has 2 N–H and O–H groups in total. The molecule has 0 saturated heterocycles. The molecule has 1 heterocycles. The van der Waals surface area contributed by atoms with Crippen molar-refractivity contribution >= 4 is 23.2 Å². The second-order valence-electron chi connectivity index (χ2n) is 2.54. The van der Waals surface area contributed by atoms with Gasteiger partial charge in [-0.25, -0.2) is 4.68 Å². The molecule has 0 bridgehead atoms. The fourth-order valence-electron chi connectivity index (χ4n) is 0.995. The van der Waals surface area contributed by atoms with Crippen LogP contribution in [0.4, 0.5) is 11.6 Å². The molecule has 0 radical (unpaired) electrons. The molecular formula is C6H11ClN4. The minimum atomic E-state index is 0.373. The van der Waals surface area contributed by atoms with Crippen LogP contribution in [-0.2, 0) is 7.05 Å². The molecule has 0 unspecified atom stereocenters. The molecule has 0 saturated carbocycles. The smallest absolute Gasteiger partial charge is 0.166 e. The average molecular weight is 175 g/mol. The predicted molar refractivity (Wildman–Crippen MR) is 47.0 cm³/mol. The van der Waals surface area contributed by atoms with E-state index in [1.54, 1.807) is 11.7 Å². The molecule has 1 aromatic heterocycles. The first kappa shape index (κ1) is 8.20. The van der Waals surface area contributed by atoms with Gasteiger partial charge in [-0.05, 0) is 0 Å². The summed E-state index contributed by atoms with van der Waals surface area (Å²) in [6.45, 7) is 0. The van der Waals surface area contributed by atoms with Crippen LogP contribution in [0.2, 0.25) is 5.02 Å². The molecule has 0 atom stereocenters. The van der Waals surface area contributed by atoms with E-state index >= 15 is 0 Å². The Bertz CT molecular complexity index is 266. The molecule has 62 valence electrons. The minimum absolute atomic E-state index is 0.373. The van der Waals surface area contributed by atoms with Crippen LogP contribution in [0.25, 0.3) is 0 Å². The van der Waals surface area contributed by atoms with Gasteiger partial charge in [-0.2, -0.15) is 5.10 Å². The van der Waals surface area contributed by atoms with Crippen molar-refractivity contribution in [2.45, 2.75) is 0 Å². The first-order valence-corrected chi connectivity index (χ1v) is 3.57. The summed E-state index contributed by atoms with van der Waals surface area (Å²) >= 11 is 5.86. The van der Waals surface area contributed by atoms with Crippen molar-refractivity contribution in [2.75, 3.05) is 24.7 Å². The topological polar surface area (TPSA) is 47.1 Å². The Balaban J connectivity index is 3.22. The van der Waals surface area contributed by atoms with E-state index in [0.29, 0.717) is 10.8 Å². The molecule has 1 aromatic rings. The Morgan fingerprint density at radius 1 is 1.55 bits per heavy atom. The molecular weight excluding hydrogens is 164 g/mol. The number of aryl methyl sites for hydroxylation is 1. The zero-order valence-electron chi connectivity index (χ0n) is 6.80. The van der Waals surface area contributed by atoms with Crippen molar-refractivity contribution in [2.24, 2.45) is 7.05 Å². The maximum Gasteiger partial charge on any atom is 0.166 e. The molecule has 4 nitrogen and oxygen atoms in total. The minimum Gasteiger partial charge on any atom is -0.381 e. The van der Waals surface area contributed by atoms with E-state index in [0.717, 1.165) is 5.82 Å². The Labute approximate surface area is 70.5 Å². The van der Waals surface area contributed by atoms with Crippen LogP contribution in [-0.4, -0.2) is 23.9 Å². The predicted octanol–water partition coefficient (Wildman–Crippen LogP) is 0.722. The van der Waals surface area contributed by atoms with Crippen molar-refractivity contribution in [1.82, 2.24) is 9.78 Å². The third kappa shape index (κ3) is 1.26. The second-order valence-corrected chi connectivity index (χ2v) is 2.92. The molecule has 11 heavy (non-hydrogen) atoms. The van der Waals surface area contributed by atoms with Crippen molar-refractivity contribution in [3.05, 3.63) is 5.02 Å². The first-order valence-electron chi connectivity index (χ1n) is 3.19. The molecule has 0 spiro atoms. The summed E-state index contributed by atoms with van der Waals surface area (Å²) in [6.07, 6.45) is 0. The average Bonchev–Trinajstić information content (AvgIpc) is 2.07.